The van der Waals surface area contributed by atoms with Gasteiger partial charge < -0.3 is 5.73 Å². The maximum Gasteiger partial charge on any atom is 0.0234 e. The smallest absolute Gasteiger partial charge is 0.0234 e. The highest BCUT2D eigenvalue weighted by molar-refractivity contribution is 7.98. The number of rotatable bonds is 4. The van der Waals surface area contributed by atoms with Gasteiger partial charge in [-0.15, -0.1) is 11.8 Å². The van der Waals surface area contributed by atoms with Crippen LogP contribution in [0.3, 0.4) is 0 Å². The minimum atomic E-state index is 0.609. The van der Waals surface area contributed by atoms with E-state index in [1.54, 1.807) is 0 Å². The molecule has 0 amide bonds. The molecule has 0 spiro atoms. The summed E-state index contributed by atoms with van der Waals surface area (Å²) < 4.78 is 0. The average Bonchev–Trinajstić information content (AvgIpc) is 2.40. The van der Waals surface area contributed by atoms with E-state index < -0.39 is 0 Å². The number of thioether (sulfide) groups is 1. The van der Waals surface area contributed by atoms with E-state index in [2.05, 4.69) is 56.3 Å². The lowest BCUT2D eigenvalue weighted by Gasteiger charge is -2.08. The summed E-state index contributed by atoms with van der Waals surface area (Å²) in [5.74, 6) is 1.02. The molecular formula is C16H19NS. The molecule has 0 aromatic heterocycles. The molecule has 0 atom stereocenters. The van der Waals surface area contributed by atoms with Gasteiger partial charge in [0.2, 0.25) is 0 Å². The molecule has 0 fully saturated rings. The molecule has 0 saturated carbocycles. The third-order valence-corrected chi connectivity index (χ3v) is 4.08. The first-order valence-corrected chi connectivity index (χ1v) is 7.15. The number of nitrogens with two attached hydrogens (primary N) is 1. The Bertz CT molecular complexity index is 534. The van der Waals surface area contributed by atoms with Crippen molar-refractivity contribution >= 4 is 11.8 Å². The van der Waals surface area contributed by atoms with Crippen molar-refractivity contribution in [3.63, 3.8) is 0 Å². The average molecular weight is 257 g/mol. The number of hydrogen-bond acceptors (Lipinski definition) is 2. The molecule has 1 nitrogen and oxygen atoms in total. The SMILES string of the molecule is Cc1ccc(C)c(CSc2cccc(CN)c2)c1. The van der Waals surface area contributed by atoms with Crippen molar-refractivity contribution < 1.29 is 0 Å². The first kappa shape index (κ1) is 13.2. The van der Waals surface area contributed by atoms with Gasteiger partial charge in [0.1, 0.15) is 0 Å². The van der Waals surface area contributed by atoms with Crippen LogP contribution in [-0.2, 0) is 12.3 Å². The van der Waals surface area contributed by atoms with E-state index in [9.17, 15) is 0 Å². The van der Waals surface area contributed by atoms with Crippen molar-refractivity contribution in [2.45, 2.75) is 31.0 Å². The van der Waals surface area contributed by atoms with E-state index >= 15 is 0 Å². The van der Waals surface area contributed by atoms with Crippen LogP contribution in [-0.4, -0.2) is 0 Å². The van der Waals surface area contributed by atoms with Crippen molar-refractivity contribution in [2.24, 2.45) is 5.73 Å². The van der Waals surface area contributed by atoms with E-state index in [4.69, 9.17) is 5.73 Å². The van der Waals surface area contributed by atoms with Gasteiger partial charge in [-0.3, -0.25) is 0 Å². The minimum absolute atomic E-state index is 0.609. The highest BCUT2D eigenvalue weighted by Gasteiger charge is 2.01. The van der Waals surface area contributed by atoms with Crippen molar-refractivity contribution in [1.82, 2.24) is 0 Å². The van der Waals surface area contributed by atoms with Gasteiger partial charge in [-0.25, -0.2) is 0 Å². The van der Waals surface area contributed by atoms with Crippen molar-refractivity contribution in [3.05, 3.63) is 64.7 Å². The summed E-state index contributed by atoms with van der Waals surface area (Å²) >= 11 is 1.87. The summed E-state index contributed by atoms with van der Waals surface area (Å²) in [5.41, 5.74) is 11.0. The van der Waals surface area contributed by atoms with Crippen LogP contribution in [0.1, 0.15) is 22.3 Å². The zero-order valence-corrected chi connectivity index (χ0v) is 11.8. The minimum Gasteiger partial charge on any atom is -0.326 e. The molecular weight excluding hydrogens is 238 g/mol. The van der Waals surface area contributed by atoms with Crippen LogP contribution in [0.25, 0.3) is 0 Å². The Morgan fingerprint density at radius 2 is 1.89 bits per heavy atom. The number of hydrogen-bond donors (Lipinski definition) is 1. The number of benzene rings is 2. The molecule has 0 aliphatic rings. The van der Waals surface area contributed by atoms with Crippen LogP contribution in [0.2, 0.25) is 0 Å². The Morgan fingerprint density at radius 1 is 1.06 bits per heavy atom. The lowest BCUT2D eigenvalue weighted by Crippen LogP contribution is -1.95. The second kappa shape index (κ2) is 6.07. The van der Waals surface area contributed by atoms with Crippen LogP contribution < -0.4 is 5.73 Å². The fraction of sp³-hybridized carbons (Fsp3) is 0.250. The molecule has 0 radical (unpaired) electrons. The third kappa shape index (κ3) is 3.37. The Kier molecular flexibility index (Phi) is 4.45. The summed E-state index contributed by atoms with van der Waals surface area (Å²) in [6, 6.07) is 15.1. The van der Waals surface area contributed by atoms with E-state index in [1.165, 1.54) is 27.1 Å². The lowest BCUT2D eigenvalue weighted by atomic mass is 10.1. The first-order valence-electron chi connectivity index (χ1n) is 6.17. The van der Waals surface area contributed by atoms with E-state index in [1.807, 2.05) is 11.8 Å². The number of aryl methyl sites for hydroxylation is 2. The van der Waals surface area contributed by atoms with Crippen LogP contribution in [0.4, 0.5) is 0 Å². The molecule has 18 heavy (non-hydrogen) atoms. The fourth-order valence-electron chi connectivity index (χ4n) is 1.88. The van der Waals surface area contributed by atoms with Crippen molar-refractivity contribution in [2.75, 3.05) is 0 Å². The summed E-state index contributed by atoms with van der Waals surface area (Å²) in [6.45, 7) is 4.92. The van der Waals surface area contributed by atoms with Gasteiger partial charge in [-0.1, -0.05) is 35.9 Å². The molecule has 2 rings (SSSR count). The molecule has 2 N–H and O–H groups in total. The monoisotopic (exact) mass is 257 g/mol. The summed E-state index contributed by atoms with van der Waals surface area (Å²) in [5, 5.41) is 0. The molecule has 2 aromatic carbocycles. The van der Waals surface area contributed by atoms with Crippen LogP contribution in [0.5, 0.6) is 0 Å². The molecule has 0 bridgehead atoms. The van der Waals surface area contributed by atoms with Gasteiger partial charge in [-0.05, 0) is 42.7 Å². The molecule has 0 saturated heterocycles. The van der Waals surface area contributed by atoms with Crippen LogP contribution in [0.15, 0.2) is 47.4 Å². The summed E-state index contributed by atoms with van der Waals surface area (Å²) in [4.78, 5) is 1.29. The largest absolute Gasteiger partial charge is 0.326 e. The Morgan fingerprint density at radius 3 is 2.67 bits per heavy atom. The van der Waals surface area contributed by atoms with Crippen molar-refractivity contribution in [1.29, 1.82) is 0 Å². The topological polar surface area (TPSA) is 26.0 Å². The first-order chi connectivity index (χ1) is 8.69. The fourth-order valence-corrected chi connectivity index (χ4v) is 2.92. The second-order valence-electron chi connectivity index (χ2n) is 4.57. The molecule has 0 aliphatic heterocycles. The Hall–Kier alpha value is -1.25. The normalized spacial score (nSPS) is 10.6. The zero-order chi connectivity index (χ0) is 13.0. The van der Waals surface area contributed by atoms with Crippen LogP contribution >= 0.6 is 11.8 Å². The lowest BCUT2D eigenvalue weighted by molar-refractivity contribution is 1.06. The molecule has 2 heteroatoms. The van der Waals surface area contributed by atoms with E-state index in [0.717, 1.165) is 5.75 Å². The van der Waals surface area contributed by atoms with Gasteiger partial charge in [0.15, 0.2) is 0 Å². The highest BCUT2D eigenvalue weighted by atomic mass is 32.2. The van der Waals surface area contributed by atoms with Gasteiger partial charge in [0.25, 0.3) is 0 Å². The standard InChI is InChI=1S/C16H19NS/c1-12-6-7-13(2)15(8-12)11-18-16-5-3-4-14(9-16)10-17/h3-9H,10-11,17H2,1-2H3. The molecule has 0 unspecified atom stereocenters. The highest BCUT2D eigenvalue weighted by Crippen LogP contribution is 2.25. The van der Waals surface area contributed by atoms with Gasteiger partial charge in [-0.2, -0.15) is 0 Å². The quantitative estimate of drug-likeness (QED) is 0.836. The second-order valence-corrected chi connectivity index (χ2v) is 5.62. The van der Waals surface area contributed by atoms with E-state index in [0.29, 0.717) is 6.54 Å². The zero-order valence-electron chi connectivity index (χ0n) is 10.9. The summed E-state index contributed by atoms with van der Waals surface area (Å²) in [7, 11) is 0. The maximum absolute atomic E-state index is 5.66. The molecule has 94 valence electrons. The van der Waals surface area contributed by atoms with Gasteiger partial charge in [0.05, 0.1) is 0 Å². The third-order valence-electron chi connectivity index (χ3n) is 3.03. The van der Waals surface area contributed by atoms with Gasteiger partial charge in [0, 0.05) is 17.2 Å². The van der Waals surface area contributed by atoms with Gasteiger partial charge >= 0.3 is 0 Å². The molecule has 2 aromatic rings. The predicted octanol–water partition coefficient (Wildman–Crippen LogP) is 4.05. The molecule has 0 heterocycles. The Balaban J connectivity index is 2.08. The maximum atomic E-state index is 5.66. The van der Waals surface area contributed by atoms with E-state index in [-0.39, 0.29) is 0 Å². The Labute approximate surface area is 113 Å². The van der Waals surface area contributed by atoms with Crippen molar-refractivity contribution in [3.8, 4) is 0 Å². The van der Waals surface area contributed by atoms with Crippen LogP contribution in [0, 0.1) is 13.8 Å². The molecule has 0 aliphatic carbocycles. The summed E-state index contributed by atoms with van der Waals surface area (Å²) in [6.07, 6.45) is 0. The predicted molar refractivity (Wildman–Crippen MR) is 79.8 cm³/mol.